The Kier molecular flexibility index (Phi) is 3.38. The maximum absolute atomic E-state index is 12.5. The van der Waals surface area contributed by atoms with Crippen LogP contribution < -0.4 is 10.7 Å². The average molecular weight is 261 g/mol. The molecule has 1 aromatic heterocycles. The van der Waals surface area contributed by atoms with Gasteiger partial charge in [-0.05, 0) is 32.2 Å². The number of H-pyrrole nitrogens is 1. The first-order chi connectivity index (χ1) is 9.27. The molecule has 3 rings (SSSR count). The molecule has 0 radical (unpaired) electrons. The molecule has 2 aliphatic rings. The van der Waals surface area contributed by atoms with E-state index in [1.54, 1.807) is 6.20 Å². The lowest BCUT2D eigenvalue weighted by Gasteiger charge is -2.29. The molecule has 2 fully saturated rings. The van der Waals surface area contributed by atoms with Crippen molar-refractivity contribution in [2.45, 2.75) is 37.8 Å². The number of pyridine rings is 1. The zero-order valence-corrected chi connectivity index (χ0v) is 10.9. The third-order valence-corrected chi connectivity index (χ3v) is 4.18. The minimum Gasteiger partial charge on any atom is -0.367 e. The van der Waals surface area contributed by atoms with Gasteiger partial charge in [0.15, 0.2) is 5.43 Å². The van der Waals surface area contributed by atoms with E-state index in [9.17, 15) is 9.59 Å². The Morgan fingerprint density at radius 1 is 1.32 bits per heavy atom. The van der Waals surface area contributed by atoms with Gasteiger partial charge in [0.05, 0.1) is 0 Å². The molecule has 2 N–H and O–H groups in total. The summed E-state index contributed by atoms with van der Waals surface area (Å²) in [6, 6.07) is 2.05. The molecule has 0 saturated carbocycles. The summed E-state index contributed by atoms with van der Waals surface area (Å²) in [6.45, 7) is 1.80. The van der Waals surface area contributed by atoms with Crippen LogP contribution in [0.5, 0.6) is 0 Å². The molecule has 0 aromatic carbocycles. The summed E-state index contributed by atoms with van der Waals surface area (Å²) in [5.41, 5.74) is 0.0566. The van der Waals surface area contributed by atoms with Crippen LogP contribution in [-0.2, 0) is 0 Å². The van der Waals surface area contributed by atoms with E-state index >= 15 is 0 Å². The van der Waals surface area contributed by atoms with Crippen molar-refractivity contribution < 1.29 is 4.79 Å². The van der Waals surface area contributed by atoms with Gasteiger partial charge in [-0.2, -0.15) is 0 Å². The Hall–Kier alpha value is -1.62. The van der Waals surface area contributed by atoms with Gasteiger partial charge < -0.3 is 15.2 Å². The molecule has 0 bridgehead atoms. The first-order valence-electron chi connectivity index (χ1n) is 6.99. The van der Waals surface area contributed by atoms with Gasteiger partial charge in [-0.1, -0.05) is 0 Å². The number of carbonyl (C=O) groups excluding carboxylic acids is 1. The fourth-order valence-corrected chi connectivity index (χ4v) is 3.24. The minimum absolute atomic E-state index is 0.127. The molecule has 1 aromatic rings. The molecule has 102 valence electrons. The summed E-state index contributed by atoms with van der Waals surface area (Å²) in [5, 5.41) is 3.47. The van der Waals surface area contributed by atoms with Crippen molar-refractivity contribution in [3.8, 4) is 0 Å². The number of nitrogens with zero attached hydrogens (tertiary/aromatic N) is 1. The summed E-state index contributed by atoms with van der Waals surface area (Å²) in [5.74, 6) is -0.127. The van der Waals surface area contributed by atoms with Crippen molar-refractivity contribution in [2.24, 2.45) is 0 Å². The van der Waals surface area contributed by atoms with Crippen LogP contribution in [0.25, 0.3) is 0 Å². The normalized spacial score (nSPS) is 26.8. The van der Waals surface area contributed by atoms with Gasteiger partial charge in [-0.15, -0.1) is 0 Å². The lowest BCUT2D eigenvalue weighted by molar-refractivity contribution is 0.0709. The van der Waals surface area contributed by atoms with Crippen LogP contribution in [0.15, 0.2) is 23.3 Å². The number of hydrogen-bond donors (Lipinski definition) is 2. The molecule has 0 spiro atoms. The van der Waals surface area contributed by atoms with Crippen molar-refractivity contribution in [1.29, 1.82) is 0 Å². The number of likely N-dealkylation sites (tertiary alicyclic amines) is 1. The molecule has 2 saturated heterocycles. The van der Waals surface area contributed by atoms with Crippen molar-refractivity contribution in [3.63, 3.8) is 0 Å². The van der Waals surface area contributed by atoms with Crippen LogP contribution in [-0.4, -0.2) is 41.0 Å². The molecular weight excluding hydrogens is 242 g/mol. The first-order valence-corrected chi connectivity index (χ1v) is 6.99. The fourth-order valence-electron chi connectivity index (χ4n) is 3.24. The third kappa shape index (κ3) is 2.30. The van der Waals surface area contributed by atoms with Gasteiger partial charge in [0, 0.05) is 37.1 Å². The number of rotatable bonds is 2. The molecule has 2 aliphatic heterocycles. The van der Waals surface area contributed by atoms with Crippen LogP contribution >= 0.6 is 0 Å². The Balaban J connectivity index is 1.82. The zero-order chi connectivity index (χ0) is 13.2. The lowest BCUT2D eigenvalue weighted by Crippen LogP contribution is -2.47. The standard InChI is InChI=1S/C14H19N3O2/c18-13-5-7-15-9-10(13)14(19)17-8-2-4-12(17)11-3-1-6-16-11/h5,7,9,11-12,16H,1-4,6,8H2,(H,15,18). The van der Waals surface area contributed by atoms with E-state index in [1.807, 2.05) is 4.90 Å². The summed E-state index contributed by atoms with van der Waals surface area (Å²) < 4.78 is 0. The Bertz CT molecular complexity index is 519. The van der Waals surface area contributed by atoms with E-state index in [4.69, 9.17) is 0 Å². The van der Waals surface area contributed by atoms with Gasteiger partial charge in [0.1, 0.15) is 5.56 Å². The number of carbonyl (C=O) groups is 1. The number of nitrogens with one attached hydrogen (secondary N) is 2. The van der Waals surface area contributed by atoms with Crippen LogP contribution in [0, 0.1) is 0 Å². The maximum Gasteiger partial charge on any atom is 0.259 e. The van der Waals surface area contributed by atoms with E-state index in [1.165, 1.54) is 18.7 Å². The molecule has 0 aliphatic carbocycles. The van der Waals surface area contributed by atoms with Crippen molar-refractivity contribution >= 4 is 5.91 Å². The highest BCUT2D eigenvalue weighted by molar-refractivity contribution is 5.94. The Morgan fingerprint density at radius 3 is 2.95 bits per heavy atom. The Morgan fingerprint density at radius 2 is 2.21 bits per heavy atom. The second kappa shape index (κ2) is 5.17. The summed E-state index contributed by atoms with van der Waals surface area (Å²) in [4.78, 5) is 29.0. The van der Waals surface area contributed by atoms with E-state index < -0.39 is 0 Å². The molecule has 2 unspecified atom stereocenters. The molecule has 3 heterocycles. The third-order valence-electron chi connectivity index (χ3n) is 4.18. The van der Waals surface area contributed by atoms with Crippen LogP contribution in [0.3, 0.4) is 0 Å². The fraction of sp³-hybridized carbons (Fsp3) is 0.571. The maximum atomic E-state index is 12.5. The van der Waals surface area contributed by atoms with Crippen molar-refractivity contribution in [1.82, 2.24) is 15.2 Å². The quantitative estimate of drug-likeness (QED) is 0.825. The van der Waals surface area contributed by atoms with Crippen LogP contribution in [0.4, 0.5) is 0 Å². The number of aromatic nitrogens is 1. The van der Waals surface area contributed by atoms with Crippen LogP contribution in [0.2, 0.25) is 0 Å². The zero-order valence-electron chi connectivity index (χ0n) is 10.9. The second-order valence-corrected chi connectivity index (χ2v) is 5.33. The van der Waals surface area contributed by atoms with Gasteiger partial charge in [0.25, 0.3) is 5.91 Å². The Labute approximate surface area is 112 Å². The number of hydrogen-bond acceptors (Lipinski definition) is 3. The average Bonchev–Trinajstić information content (AvgIpc) is 3.09. The number of aromatic amines is 1. The highest BCUT2D eigenvalue weighted by atomic mass is 16.2. The highest BCUT2D eigenvalue weighted by Crippen LogP contribution is 2.25. The SMILES string of the molecule is O=C(c1c[nH]ccc1=O)N1CCCC1C1CCCN1. The molecular formula is C14H19N3O2. The highest BCUT2D eigenvalue weighted by Gasteiger charge is 2.36. The monoisotopic (exact) mass is 261 g/mol. The van der Waals surface area contributed by atoms with Crippen molar-refractivity contribution in [2.75, 3.05) is 13.1 Å². The van der Waals surface area contributed by atoms with E-state index in [0.29, 0.717) is 6.04 Å². The predicted molar refractivity (Wildman–Crippen MR) is 72.1 cm³/mol. The van der Waals surface area contributed by atoms with Gasteiger partial charge in [0.2, 0.25) is 0 Å². The predicted octanol–water partition coefficient (Wildman–Crippen LogP) is 0.732. The summed E-state index contributed by atoms with van der Waals surface area (Å²) >= 11 is 0. The van der Waals surface area contributed by atoms with E-state index in [0.717, 1.165) is 32.4 Å². The second-order valence-electron chi connectivity index (χ2n) is 5.33. The largest absolute Gasteiger partial charge is 0.367 e. The smallest absolute Gasteiger partial charge is 0.259 e. The summed E-state index contributed by atoms with van der Waals surface area (Å²) in [7, 11) is 0. The van der Waals surface area contributed by atoms with E-state index in [-0.39, 0.29) is 22.9 Å². The summed E-state index contributed by atoms with van der Waals surface area (Å²) in [6.07, 6.45) is 7.43. The van der Waals surface area contributed by atoms with Crippen molar-refractivity contribution in [3.05, 3.63) is 34.2 Å². The van der Waals surface area contributed by atoms with E-state index in [2.05, 4.69) is 10.3 Å². The first kappa shape index (κ1) is 12.4. The topological polar surface area (TPSA) is 65.2 Å². The molecule has 5 nitrogen and oxygen atoms in total. The lowest BCUT2D eigenvalue weighted by atomic mass is 10.0. The molecule has 2 atom stereocenters. The van der Waals surface area contributed by atoms with Gasteiger partial charge in [-0.25, -0.2) is 0 Å². The minimum atomic E-state index is -0.200. The molecule has 19 heavy (non-hydrogen) atoms. The van der Waals surface area contributed by atoms with Gasteiger partial charge >= 0.3 is 0 Å². The van der Waals surface area contributed by atoms with Crippen LogP contribution in [0.1, 0.15) is 36.0 Å². The number of amides is 1. The molecule has 1 amide bonds. The van der Waals surface area contributed by atoms with Gasteiger partial charge in [-0.3, -0.25) is 9.59 Å². The molecule has 5 heteroatoms.